The molecule has 78 valence electrons. The summed E-state index contributed by atoms with van der Waals surface area (Å²) in [6, 6.07) is 8.09. The van der Waals surface area contributed by atoms with Crippen LogP contribution in [0.2, 0.25) is 5.02 Å². The van der Waals surface area contributed by atoms with Crippen LogP contribution in [0.5, 0.6) is 0 Å². The van der Waals surface area contributed by atoms with Gasteiger partial charge in [0.1, 0.15) is 0 Å². The molecule has 0 unspecified atom stereocenters. The van der Waals surface area contributed by atoms with Gasteiger partial charge in [-0.25, -0.2) is 8.42 Å². The van der Waals surface area contributed by atoms with Gasteiger partial charge in [0.2, 0.25) is 0 Å². The van der Waals surface area contributed by atoms with E-state index in [4.69, 9.17) is 16.9 Å². The van der Waals surface area contributed by atoms with Crippen LogP contribution in [0.3, 0.4) is 0 Å². The maximum atomic E-state index is 12.1. The van der Waals surface area contributed by atoms with Crippen molar-refractivity contribution in [2.24, 2.45) is 0 Å². The van der Waals surface area contributed by atoms with Crippen molar-refractivity contribution in [2.45, 2.75) is 22.5 Å². The Morgan fingerprint density at radius 2 is 1.93 bits per heavy atom. The van der Waals surface area contributed by atoms with Crippen molar-refractivity contribution >= 4 is 21.4 Å². The van der Waals surface area contributed by atoms with E-state index in [-0.39, 0.29) is 9.92 Å². The third-order valence-corrected chi connectivity index (χ3v) is 5.45. The van der Waals surface area contributed by atoms with Gasteiger partial charge in [0.25, 0.3) is 0 Å². The predicted octanol–water partition coefficient (Wildman–Crippen LogP) is 2.17. The molecule has 1 aromatic carbocycles. The van der Waals surface area contributed by atoms with Crippen molar-refractivity contribution in [2.75, 3.05) is 0 Å². The van der Waals surface area contributed by atoms with Crippen LogP contribution < -0.4 is 0 Å². The van der Waals surface area contributed by atoms with Crippen molar-refractivity contribution < 1.29 is 8.42 Å². The summed E-state index contributed by atoms with van der Waals surface area (Å²) in [6.45, 7) is 0. The fourth-order valence-corrected chi connectivity index (χ4v) is 3.63. The molecule has 1 fully saturated rings. The van der Waals surface area contributed by atoms with E-state index < -0.39 is 14.6 Å². The average Bonchev–Trinajstić information content (AvgIpc) is 2.98. The van der Waals surface area contributed by atoms with Crippen molar-refractivity contribution in [1.29, 1.82) is 5.26 Å². The topological polar surface area (TPSA) is 57.9 Å². The lowest BCUT2D eigenvalue weighted by Crippen LogP contribution is -2.21. The minimum Gasteiger partial charge on any atom is -0.222 e. The Morgan fingerprint density at radius 3 is 2.40 bits per heavy atom. The number of hydrogen-bond acceptors (Lipinski definition) is 3. The molecule has 0 aliphatic heterocycles. The van der Waals surface area contributed by atoms with Crippen LogP contribution in [-0.2, 0) is 9.84 Å². The summed E-state index contributed by atoms with van der Waals surface area (Å²) in [5, 5.41) is 9.05. The normalized spacial score (nSPS) is 18.1. The Hall–Kier alpha value is -1.05. The molecule has 0 radical (unpaired) electrons. The highest BCUT2D eigenvalue weighted by atomic mass is 35.5. The quantitative estimate of drug-likeness (QED) is 0.797. The van der Waals surface area contributed by atoms with Crippen LogP contribution in [0, 0.1) is 11.3 Å². The second-order valence-electron chi connectivity index (χ2n) is 3.54. The number of sulfone groups is 1. The first-order chi connectivity index (χ1) is 7.03. The van der Waals surface area contributed by atoms with E-state index in [0.717, 1.165) is 0 Å². The maximum Gasteiger partial charge on any atom is 0.198 e. The zero-order chi connectivity index (χ0) is 11.1. The van der Waals surface area contributed by atoms with E-state index in [1.54, 1.807) is 12.1 Å². The first-order valence-corrected chi connectivity index (χ1v) is 6.30. The molecular weight excluding hydrogens is 234 g/mol. The molecule has 0 saturated heterocycles. The molecule has 5 heteroatoms. The molecule has 0 N–H and O–H groups in total. The number of nitrogens with zero attached hydrogens (tertiary/aromatic N) is 1. The Balaban J connectivity index is 2.59. The minimum absolute atomic E-state index is 0.0608. The fourth-order valence-electron chi connectivity index (χ4n) is 1.43. The average molecular weight is 242 g/mol. The smallest absolute Gasteiger partial charge is 0.198 e. The molecule has 1 aliphatic carbocycles. The molecule has 3 nitrogen and oxygen atoms in total. The van der Waals surface area contributed by atoms with Crippen LogP contribution >= 0.6 is 11.6 Å². The SMILES string of the molecule is N#CC1(S(=O)(=O)c2ccccc2Cl)CC1. The lowest BCUT2D eigenvalue weighted by Gasteiger charge is -2.09. The summed E-state index contributed by atoms with van der Waals surface area (Å²) < 4.78 is 22.9. The molecule has 0 aromatic heterocycles. The zero-order valence-corrected chi connectivity index (χ0v) is 9.35. The summed E-state index contributed by atoms with van der Waals surface area (Å²) in [5.41, 5.74) is 0. The van der Waals surface area contributed by atoms with Gasteiger partial charge in [-0.05, 0) is 25.0 Å². The summed E-state index contributed by atoms with van der Waals surface area (Å²) in [5.74, 6) is 0. The highest BCUT2D eigenvalue weighted by Crippen LogP contribution is 2.47. The van der Waals surface area contributed by atoms with Gasteiger partial charge in [-0.3, -0.25) is 0 Å². The fraction of sp³-hybridized carbons (Fsp3) is 0.300. The molecule has 0 heterocycles. The van der Waals surface area contributed by atoms with Gasteiger partial charge in [0, 0.05) is 0 Å². The van der Waals surface area contributed by atoms with Crippen molar-refractivity contribution in [3.63, 3.8) is 0 Å². The second-order valence-corrected chi connectivity index (χ2v) is 6.18. The number of benzene rings is 1. The molecule has 0 atom stereocenters. The van der Waals surface area contributed by atoms with E-state index in [0.29, 0.717) is 12.8 Å². The lowest BCUT2D eigenvalue weighted by atomic mass is 10.4. The molecule has 1 aromatic rings. The van der Waals surface area contributed by atoms with Gasteiger partial charge < -0.3 is 0 Å². The van der Waals surface area contributed by atoms with Gasteiger partial charge in [-0.2, -0.15) is 5.26 Å². The predicted molar refractivity (Wildman–Crippen MR) is 56.2 cm³/mol. The van der Waals surface area contributed by atoms with Crippen molar-refractivity contribution in [3.8, 4) is 6.07 Å². The van der Waals surface area contributed by atoms with Crippen LogP contribution in [0.1, 0.15) is 12.8 Å². The third kappa shape index (κ3) is 1.43. The van der Waals surface area contributed by atoms with Crippen LogP contribution in [0.25, 0.3) is 0 Å². The van der Waals surface area contributed by atoms with Gasteiger partial charge in [0.15, 0.2) is 14.6 Å². The van der Waals surface area contributed by atoms with E-state index in [2.05, 4.69) is 0 Å². The number of halogens is 1. The standard InChI is InChI=1S/C10H8ClNO2S/c11-8-3-1-2-4-9(8)15(13,14)10(7-12)5-6-10/h1-4H,5-6H2. The zero-order valence-electron chi connectivity index (χ0n) is 7.77. The van der Waals surface area contributed by atoms with Gasteiger partial charge >= 0.3 is 0 Å². The minimum atomic E-state index is -3.60. The monoisotopic (exact) mass is 241 g/mol. The maximum absolute atomic E-state index is 12.1. The first kappa shape index (κ1) is 10.5. The molecule has 0 spiro atoms. The van der Waals surface area contributed by atoms with E-state index >= 15 is 0 Å². The highest BCUT2D eigenvalue weighted by Gasteiger charge is 2.56. The largest absolute Gasteiger partial charge is 0.222 e. The van der Waals surface area contributed by atoms with Crippen LogP contribution in [-0.4, -0.2) is 13.2 Å². The van der Waals surface area contributed by atoms with Gasteiger partial charge in [-0.15, -0.1) is 0 Å². The molecule has 2 rings (SSSR count). The van der Waals surface area contributed by atoms with Gasteiger partial charge in [0.05, 0.1) is 16.0 Å². The number of hydrogen-bond donors (Lipinski definition) is 0. The summed E-state index contributed by atoms with van der Waals surface area (Å²) in [4.78, 5) is 0.0608. The number of nitriles is 1. The van der Waals surface area contributed by atoms with E-state index in [9.17, 15) is 8.42 Å². The van der Waals surface area contributed by atoms with E-state index in [1.807, 2.05) is 6.07 Å². The Morgan fingerprint density at radius 1 is 1.33 bits per heavy atom. The second kappa shape index (κ2) is 3.22. The molecule has 15 heavy (non-hydrogen) atoms. The molecular formula is C10H8ClNO2S. The molecule has 0 amide bonds. The van der Waals surface area contributed by atoms with Crippen LogP contribution in [0.15, 0.2) is 29.2 Å². The third-order valence-electron chi connectivity index (χ3n) is 2.55. The Kier molecular flexibility index (Phi) is 2.25. The molecule has 0 bridgehead atoms. The summed E-state index contributed by atoms with van der Waals surface area (Å²) in [7, 11) is -3.60. The van der Waals surface area contributed by atoms with E-state index in [1.165, 1.54) is 12.1 Å². The highest BCUT2D eigenvalue weighted by molar-refractivity contribution is 7.93. The number of rotatable bonds is 2. The Bertz CT molecular complexity index is 541. The Labute approximate surface area is 93.2 Å². The first-order valence-electron chi connectivity index (χ1n) is 4.44. The van der Waals surface area contributed by atoms with Crippen molar-refractivity contribution in [1.82, 2.24) is 0 Å². The summed E-state index contributed by atoms with van der Waals surface area (Å²) >= 11 is 5.81. The molecule has 1 saturated carbocycles. The molecule has 1 aliphatic rings. The van der Waals surface area contributed by atoms with Crippen LogP contribution in [0.4, 0.5) is 0 Å². The van der Waals surface area contributed by atoms with Gasteiger partial charge in [-0.1, -0.05) is 23.7 Å². The summed E-state index contributed by atoms with van der Waals surface area (Å²) in [6.07, 6.45) is 0.800. The lowest BCUT2D eigenvalue weighted by molar-refractivity contribution is 0.588. The van der Waals surface area contributed by atoms with Crippen molar-refractivity contribution in [3.05, 3.63) is 29.3 Å².